The van der Waals surface area contributed by atoms with Gasteiger partial charge in [0.05, 0.1) is 0 Å². The van der Waals surface area contributed by atoms with Crippen LogP contribution in [-0.4, -0.2) is 21.2 Å². The molecule has 0 spiro atoms. The van der Waals surface area contributed by atoms with Crippen LogP contribution in [0.15, 0.2) is 40.2 Å². The minimum absolute atomic E-state index is 0.248. The predicted octanol–water partition coefficient (Wildman–Crippen LogP) is 2.17. The van der Waals surface area contributed by atoms with E-state index in [-0.39, 0.29) is 4.57 Å². The molecule has 1 aromatic heterocycles. The van der Waals surface area contributed by atoms with E-state index >= 15 is 0 Å². The molecule has 2 aromatic rings. The van der Waals surface area contributed by atoms with Crippen LogP contribution >= 0.6 is 11.6 Å². The van der Waals surface area contributed by atoms with Gasteiger partial charge >= 0.3 is 17.3 Å². The highest BCUT2D eigenvalue weighted by Crippen LogP contribution is 2.20. The first-order valence-electron chi connectivity index (χ1n) is 6.99. The molecule has 6 nitrogen and oxygen atoms in total. The lowest BCUT2D eigenvalue weighted by atomic mass is 10.2. The van der Waals surface area contributed by atoms with Crippen LogP contribution in [-0.2, 0) is 17.9 Å². The van der Waals surface area contributed by atoms with Gasteiger partial charge in [-0.25, -0.2) is 0 Å². The number of hydrogen-bond acceptors (Lipinski definition) is 3. The third-order valence-electron chi connectivity index (χ3n) is 3.27. The van der Waals surface area contributed by atoms with Crippen LogP contribution in [0.1, 0.15) is 5.56 Å². The largest absolute Gasteiger partial charge is 0.406 e. The molecule has 1 N–H and O–H groups in total. The van der Waals surface area contributed by atoms with Crippen LogP contribution in [0.25, 0.3) is 0 Å². The van der Waals surface area contributed by atoms with Crippen LogP contribution in [0.3, 0.4) is 0 Å². The monoisotopic (exact) mass is 375 g/mol. The summed E-state index contributed by atoms with van der Waals surface area (Å²) in [7, 11) is 0. The Hall–Kier alpha value is -2.55. The minimum Gasteiger partial charge on any atom is -0.324 e. The number of carbonyl (C=O) groups excluding carboxylic acids is 1. The fraction of sp³-hybridized carbons (Fsp3) is 0.267. The van der Waals surface area contributed by atoms with Crippen molar-refractivity contribution in [3.05, 3.63) is 61.9 Å². The lowest BCUT2D eigenvalue weighted by molar-refractivity contribution is -0.141. The number of benzene rings is 1. The van der Waals surface area contributed by atoms with Gasteiger partial charge in [0.2, 0.25) is 5.91 Å². The molecule has 134 valence electrons. The molecule has 10 heteroatoms. The Morgan fingerprint density at radius 3 is 2.40 bits per heavy atom. The SMILES string of the molecule is Cc1ccc(Cl)cc1NC(=O)Cn1ccn(CC(F)(F)F)c(=O)c1=O. The summed E-state index contributed by atoms with van der Waals surface area (Å²) in [5.41, 5.74) is -1.42. The first kappa shape index (κ1) is 18.8. The van der Waals surface area contributed by atoms with Gasteiger partial charge in [-0.15, -0.1) is 0 Å². The van der Waals surface area contributed by atoms with E-state index in [1.165, 1.54) is 6.07 Å². The fourth-order valence-electron chi connectivity index (χ4n) is 2.06. The molecule has 0 unspecified atom stereocenters. The molecule has 0 aliphatic carbocycles. The maximum atomic E-state index is 12.3. The number of alkyl halides is 3. The van der Waals surface area contributed by atoms with Gasteiger partial charge in [-0.1, -0.05) is 17.7 Å². The third-order valence-corrected chi connectivity index (χ3v) is 3.50. The van der Waals surface area contributed by atoms with Crippen molar-refractivity contribution in [3.8, 4) is 0 Å². The van der Waals surface area contributed by atoms with Gasteiger partial charge in [0.1, 0.15) is 13.1 Å². The Labute approximate surface area is 144 Å². The van der Waals surface area contributed by atoms with Crippen molar-refractivity contribution in [2.45, 2.75) is 26.2 Å². The normalized spacial score (nSPS) is 11.4. The molecule has 1 amide bonds. The molecular formula is C15H13ClF3N3O3. The molecule has 0 saturated carbocycles. The topological polar surface area (TPSA) is 73.1 Å². The van der Waals surface area contributed by atoms with E-state index in [0.29, 0.717) is 10.7 Å². The number of amides is 1. The number of rotatable bonds is 4. The number of nitrogens with one attached hydrogen (secondary N) is 1. The minimum atomic E-state index is -4.63. The summed E-state index contributed by atoms with van der Waals surface area (Å²) in [6.07, 6.45) is -2.86. The van der Waals surface area contributed by atoms with Crippen molar-refractivity contribution >= 4 is 23.2 Å². The second-order valence-electron chi connectivity index (χ2n) is 5.29. The molecular weight excluding hydrogens is 363 g/mol. The second kappa shape index (κ2) is 7.14. The maximum absolute atomic E-state index is 12.3. The molecule has 0 radical (unpaired) electrons. The summed E-state index contributed by atoms with van der Waals surface area (Å²) in [6.45, 7) is -0.362. The molecule has 0 atom stereocenters. The Morgan fingerprint density at radius 2 is 1.76 bits per heavy atom. The second-order valence-corrected chi connectivity index (χ2v) is 5.72. The van der Waals surface area contributed by atoms with E-state index in [1.807, 2.05) is 0 Å². The number of carbonyl (C=O) groups is 1. The van der Waals surface area contributed by atoms with Crippen LogP contribution in [0.4, 0.5) is 18.9 Å². The van der Waals surface area contributed by atoms with Crippen LogP contribution < -0.4 is 16.4 Å². The lowest BCUT2D eigenvalue weighted by Gasteiger charge is -2.12. The Kier molecular flexibility index (Phi) is 5.36. The first-order valence-corrected chi connectivity index (χ1v) is 7.37. The number of anilines is 1. The maximum Gasteiger partial charge on any atom is 0.406 e. The number of aromatic nitrogens is 2. The van der Waals surface area contributed by atoms with Crippen LogP contribution in [0.2, 0.25) is 5.02 Å². The zero-order valence-electron chi connectivity index (χ0n) is 12.9. The number of aryl methyl sites for hydroxylation is 1. The molecule has 2 rings (SSSR count). The average Bonchev–Trinajstić information content (AvgIpc) is 2.49. The fourth-order valence-corrected chi connectivity index (χ4v) is 2.23. The highest BCUT2D eigenvalue weighted by Gasteiger charge is 2.28. The molecule has 0 fully saturated rings. The lowest BCUT2D eigenvalue weighted by Crippen LogP contribution is -2.43. The summed E-state index contributed by atoms with van der Waals surface area (Å²) < 4.78 is 38.0. The Morgan fingerprint density at radius 1 is 1.16 bits per heavy atom. The highest BCUT2D eigenvalue weighted by atomic mass is 35.5. The van der Waals surface area contributed by atoms with Gasteiger partial charge < -0.3 is 9.88 Å². The zero-order chi connectivity index (χ0) is 18.8. The van der Waals surface area contributed by atoms with Gasteiger partial charge in [0, 0.05) is 23.1 Å². The zero-order valence-corrected chi connectivity index (χ0v) is 13.7. The van der Waals surface area contributed by atoms with Crippen molar-refractivity contribution in [1.82, 2.24) is 9.13 Å². The highest BCUT2D eigenvalue weighted by molar-refractivity contribution is 6.31. The molecule has 1 heterocycles. The van der Waals surface area contributed by atoms with Gasteiger partial charge in [0.15, 0.2) is 0 Å². The van der Waals surface area contributed by atoms with E-state index < -0.39 is 36.3 Å². The van der Waals surface area contributed by atoms with E-state index in [2.05, 4.69) is 5.32 Å². The van der Waals surface area contributed by atoms with Gasteiger partial charge in [-0.05, 0) is 24.6 Å². The van der Waals surface area contributed by atoms with Gasteiger partial charge in [-0.3, -0.25) is 19.0 Å². The van der Waals surface area contributed by atoms with Crippen LogP contribution in [0.5, 0.6) is 0 Å². The summed E-state index contributed by atoms with van der Waals surface area (Å²) in [6, 6.07) is 4.83. The molecule has 25 heavy (non-hydrogen) atoms. The van der Waals surface area contributed by atoms with Crippen molar-refractivity contribution in [1.29, 1.82) is 0 Å². The standard InChI is InChI=1S/C15H13ClF3N3O3/c1-9-2-3-10(16)6-11(9)20-12(23)7-21-4-5-22(8-15(17,18)19)14(25)13(21)24/h2-6H,7-8H2,1H3,(H,20,23). The smallest absolute Gasteiger partial charge is 0.324 e. The summed E-state index contributed by atoms with van der Waals surface area (Å²) >= 11 is 5.83. The van der Waals surface area contributed by atoms with Crippen LogP contribution in [0, 0.1) is 6.92 Å². The van der Waals surface area contributed by atoms with Crippen molar-refractivity contribution in [2.24, 2.45) is 0 Å². The number of halogens is 4. The van der Waals surface area contributed by atoms with Crippen molar-refractivity contribution in [3.63, 3.8) is 0 Å². The number of nitrogens with zero attached hydrogens (tertiary/aromatic N) is 2. The Balaban J connectivity index is 2.19. The van der Waals surface area contributed by atoms with Gasteiger partial charge in [-0.2, -0.15) is 13.2 Å². The summed E-state index contributed by atoms with van der Waals surface area (Å²) in [5.74, 6) is -0.625. The van der Waals surface area contributed by atoms with Gasteiger partial charge in [0.25, 0.3) is 0 Å². The molecule has 0 aliphatic heterocycles. The van der Waals surface area contributed by atoms with E-state index in [9.17, 15) is 27.6 Å². The third kappa shape index (κ3) is 4.96. The molecule has 0 aliphatic rings. The van der Waals surface area contributed by atoms with Crippen molar-refractivity contribution in [2.75, 3.05) is 5.32 Å². The average molecular weight is 376 g/mol. The molecule has 0 saturated heterocycles. The number of hydrogen-bond donors (Lipinski definition) is 1. The van der Waals surface area contributed by atoms with E-state index in [1.54, 1.807) is 19.1 Å². The summed E-state index contributed by atoms with van der Waals surface area (Å²) in [4.78, 5) is 35.6. The quantitative estimate of drug-likeness (QED) is 0.832. The summed E-state index contributed by atoms with van der Waals surface area (Å²) in [5, 5.41) is 2.92. The predicted molar refractivity (Wildman–Crippen MR) is 85.8 cm³/mol. The van der Waals surface area contributed by atoms with E-state index in [0.717, 1.165) is 22.5 Å². The Bertz CT molecular complexity index is 919. The van der Waals surface area contributed by atoms with Crippen molar-refractivity contribution < 1.29 is 18.0 Å². The molecule has 0 bridgehead atoms. The molecule has 1 aromatic carbocycles. The first-order chi connectivity index (χ1) is 11.6. The van der Waals surface area contributed by atoms with E-state index in [4.69, 9.17) is 11.6 Å².